The van der Waals surface area contributed by atoms with Gasteiger partial charge in [-0.1, -0.05) is 0 Å². The molecule has 1 heterocycles. The Labute approximate surface area is 178 Å². The number of hydrogen-bond donors (Lipinski definition) is 2. The molecule has 4 rings (SSSR count). The quantitative estimate of drug-likeness (QED) is 0.570. The van der Waals surface area contributed by atoms with Crippen LogP contribution in [0, 0.1) is 0 Å². The van der Waals surface area contributed by atoms with E-state index in [1.807, 2.05) is 0 Å². The van der Waals surface area contributed by atoms with Crippen molar-refractivity contribution in [3.63, 3.8) is 0 Å². The molecule has 9 nitrogen and oxygen atoms in total. The first kappa shape index (κ1) is 20.5. The summed E-state index contributed by atoms with van der Waals surface area (Å²) < 4.78 is 21.5. The lowest BCUT2D eigenvalue weighted by Crippen LogP contribution is -2.32. The van der Waals surface area contributed by atoms with E-state index in [0.29, 0.717) is 40.0 Å². The van der Waals surface area contributed by atoms with Crippen LogP contribution in [0.3, 0.4) is 0 Å². The number of hydrogen-bond acceptors (Lipinski definition) is 7. The van der Waals surface area contributed by atoms with Gasteiger partial charge < -0.3 is 29.3 Å². The number of rotatable bonds is 8. The minimum absolute atomic E-state index is 0.209. The number of nitrogens with one attached hydrogen (secondary N) is 2. The standard InChI is InChI=1S/C22H23N3O6/c1-28-17-8-13(9-18(29-2)20(17)30-3)21(27)23-11-19(26)24-14-6-7-16-15(10-14)25-22(31-16)12-4-5-12/h6-10,12H,4-5,11H2,1-3H3,(H,23,27)(H,24,26). The SMILES string of the molecule is COc1cc(C(=O)NCC(=O)Nc2ccc3oc(C4CC4)nc3c2)cc(OC)c1OC. The van der Waals surface area contributed by atoms with Gasteiger partial charge in [-0.2, -0.15) is 0 Å². The first-order valence-electron chi connectivity index (χ1n) is 9.81. The molecule has 0 spiro atoms. The van der Waals surface area contributed by atoms with Gasteiger partial charge >= 0.3 is 0 Å². The van der Waals surface area contributed by atoms with Crippen LogP contribution >= 0.6 is 0 Å². The second-order valence-corrected chi connectivity index (χ2v) is 7.15. The summed E-state index contributed by atoms with van der Waals surface area (Å²) in [6, 6.07) is 8.31. The number of fused-ring (bicyclic) bond motifs is 1. The monoisotopic (exact) mass is 425 g/mol. The highest BCUT2D eigenvalue weighted by molar-refractivity contribution is 6.00. The summed E-state index contributed by atoms with van der Waals surface area (Å²) in [5, 5.41) is 5.34. The molecule has 0 aliphatic heterocycles. The molecule has 3 aromatic rings. The number of carbonyl (C=O) groups is 2. The van der Waals surface area contributed by atoms with Crippen LogP contribution in [0.2, 0.25) is 0 Å². The first-order valence-corrected chi connectivity index (χ1v) is 9.81. The summed E-state index contributed by atoms with van der Waals surface area (Å²) >= 11 is 0. The number of amides is 2. The number of oxazole rings is 1. The van der Waals surface area contributed by atoms with Crippen LogP contribution in [0.4, 0.5) is 5.69 Å². The Morgan fingerprint density at radius 3 is 2.39 bits per heavy atom. The highest BCUT2D eigenvalue weighted by Crippen LogP contribution is 2.41. The van der Waals surface area contributed by atoms with E-state index < -0.39 is 5.91 Å². The molecule has 2 aromatic carbocycles. The minimum atomic E-state index is -0.449. The van der Waals surface area contributed by atoms with Crippen LogP contribution < -0.4 is 24.8 Å². The van der Waals surface area contributed by atoms with Gasteiger partial charge in [-0.3, -0.25) is 9.59 Å². The first-order chi connectivity index (χ1) is 15.0. The maximum absolute atomic E-state index is 12.5. The van der Waals surface area contributed by atoms with E-state index in [9.17, 15) is 9.59 Å². The average molecular weight is 425 g/mol. The smallest absolute Gasteiger partial charge is 0.251 e. The summed E-state index contributed by atoms with van der Waals surface area (Å²) in [4.78, 5) is 29.3. The summed E-state index contributed by atoms with van der Waals surface area (Å²) in [6.07, 6.45) is 2.20. The summed E-state index contributed by atoms with van der Waals surface area (Å²) in [7, 11) is 4.41. The predicted octanol–water partition coefficient (Wildman–Crippen LogP) is 3.10. The second kappa shape index (κ2) is 8.55. The van der Waals surface area contributed by atoms with Crippen LogP contribution in [-0.2, 0) is 4.79 Å². The van der Waals surface area contributed by atoms with Crippen LogP contribution in [0.25, 0.3) is 11.1 Å². The normalized spacial score (nSPS) is 13.0. The van der Waals surface area contributed by atoms with Crippen LogP contribution in [-0.4, -0.2) is 44.7 Å². The van der Waals surface area contributed by atoms with Gasteiger partial charge in [-0.15, -0.1) is 0 Å². The fourth-order valence-electron chi connectivity index (χ4n) is 3.21. The van der Waals surface area contributed by atoms with E-state index in [1.165, 1.54) is 33.5 Å². The Kier molecular flexibility index (Phi) is 5.66. The Bertz CT molecular complexity index is 1110. The molecule has 2 amide bonds. The lowest BCUT2D eigenvalue weighted by atomic mass is 10.1. The number of anilines is 1. The van der Waals surface area contributed by atoms with Gasteiger partial charge in [-0.25, -0.2) is 4.98 Å². The highest BCUT2D eigenvalue weighted by Gasteiger charge is 2.29. The minimum Gasteiger partial charge on any atom is -0.493 e. The average Bonchev–Trinajstić information content (AvgIpc) is 3.55. The van der Waals surface area contributed by atoms with Crippen molar-refractivity contribution in [3.05, 3.63) is 41.8 Å². The third-order valence-corrected chi connectivity index (χ3v) is 4.95. The molecule has 1 aromatic heterocycles. The molecule has 1 aliphatic carbocycles. The zero-order chi connectivity index (χ0) is 22.0. The maximum atomic E-state index is 12.5. The topological polar surface area (TPSA) is 112 Å². The van der Waals surface area contributed by atoms with E-state index in [4.69, 9.17) is 18.6 Å². The van der Waals surface area contributed by atoms with E-state index in [2.05, 4.69) is 15.6 Å². The van der Waals surface area contributed by atoms with E-state index >= 15 is 0 Å². The summed E-state index contributed by atoms with van der Waals surface area (Å²) in [5.74, 6) is 1.42. The van der Waals surface area contributed by atoms with E-state index in [-0.39, 0.29) is 18.0 Å². The largest absolute Gasteiger partial charge is 0.493 e. The lowest BCUT2D eigenvalue weighted by molar-refractivity contribution is -0.115. The third kappa shape index (κ3) is 4.40. The van der Waals surface area contributed by atoms with Crippen molar-refractivity contribution in [2.45, 2.75) is 18.8 Å². The van der Waals surface area contributed by atoms with Crippen molar-refractivity contribution in [2.75, 3.05) is 33.2 Å². The molecule has 1 saturated carbocycles. The van der Waals surface area contributed by atoms with Gasteiger partial charge in [0, 0.05) is 17.2 Å². The Hall–Kier alpha value is -3.75. The zero-order valence-corrected chi connectivity index (χ0v) is 17.5. The predicted molar refractivity (Wildman–Crippen MR) is 113 cm³/mol. The maximum Gasteiger partial charge on any atom is 0.251 e. The van der Waals surface area contributed by atoms with Gasteiger partial charge in [0.25, 0.3) is 5.91 Å². The fraction of sp³-hybridized carbons (Fsp3) is 0.318. The molecule has 2 N–H and O–H groups in total. The van der Waals surface area contributed by atoms with Crippen molar-refractivity contribution in [2.24, 2.45) is 0 Å². The number of methoxy groups -OCH3 is 3. The molecule has 1 fully saturated rings. The highest BCUT2D eigenvalue weighted by atomic mass is 16.5. The van der Waals surface area contributed by atoms with Crippen LogP contribution in [0.5, 0.6) is 17.2 Å². The molecule has 9 heteroatoms. The third-order valence-electron chi connectivity index (χ3n) is 4.95. The molecular formula is C22H23N3O6. The molecule has 0 unspecified atom stereocenters. The number of nitrogens with zero attached hydrogens (tertiary/aromatic N) is 1. The number of aromatic nitrogens is 1. The summed E-state index contributed by atoms with van der Waals surface area (Å²) in [5.41, 5.74) is 2.24. The Balaban J connectivity index is 1.39. The molecule has 31 heavy (non-hydrogen) atoms. The van der Waals surface area contributed by atoms with Crippen molar-refractivity contribution >= 4 is 28.6 Å². The molecule has 0 atom stereocenters. The van der Waals surface area contributed by atoms with Crippen LogP contribution in [0.1, 0.15) is 35.0 Å². The van der Waals surface area contributed by atoms with E-state index in [0.717, 1.165) is 18.7 Å². The second-order valence-electron chi connectivity index (χ2n) is 7.15. The lowest BCUT2D eigenvalue weighted by Gasteiger charge is -2.14. The zero-order valence-electron chi connectivity index (χ0n) is 17.5. The Morgan fingerprint density at radius 2 is 1.77 bits per heavy atom. The van der Waals surface area contributed by atoms with Gasteiger partial charge in [-0.05, 0) is 43.2 Å². The van der Waals surface area contributed by atoms with Gasteiger partial charge in [0.1, 0.15) is 5.52 Å². The van der Waals surface area contributed by atoms with Crippen molar-refractivity contribution in [1.29, 1.82) is 0 Å². The van der Waals surface area contributed by atoms with Crippen molar-refractivity contribution in [3.8, 4) is 17.2 Å². The molecule has 162 valence electrons. The summed E-state index contributed by atoms with van der Waals surface area (Å²) in [6.45, 7) is -0.209. The van der Waals surface area contributed by atoms with E-state index in [1.54, 1.807) is 18.2 Å². The van der Waals surface area contributed by atoms with Crippen LogP contribution in [0.15, 0.2) is 34.7 Å². The molecule has 1 aliphatic rings. The number of benzene rings is 2. The van der Waals surface area contributed by atoms with Gasteiger partial charge in [0.2, 0.25) is 11.7 Å². The molecular weight excluding hydrogens is 402 g/mol. The number of carbonyl (C=O) groups excluding carboxylic acids is 2. The molecule has 0 saturated heterocycles. The van der Waals surface area contributed by atoms with Gasteiger partial charge in [0.15, 0.2) is 23.0 Å². The number of ether oxygens (including phenoxy) is 3. The fourth-order valence-corrected chi connectivity index (χ4v) is 3.21. The molecule has 0 radical (unpaired) electrons. The van der Waals surface area contributed by atoms with Crippen molar-refractivity contribution < 1.29 is 28.2 Å². The van der Waals surface area contributed by atoms with Crippen molar-refractivity contribution in [1.82, 2.24) is 10.3 Å². The molecule has 0 bridgehead atoms. The Morgan fingerprint density at radius 1 is 1.06 bits per heavy atom. The van der Waals surface area contributed by atoms with Gasteiger partial charge in [0.05, 0.1) is 27.9 Å².